The molecular formula is C10H17I2N3O3. The van der Waals surface area contributed by atoms with E-state index in [0.29, 0.717) is 0 Å². The zero-order valence-corrected chi connectivity index (χ0v) is 14.2. The Morgan fingerprint density at radius 1 is 1.44 bits per heavy atom. The van der Waals surface area contributed by atoms with Gasteiger partial charge in [-0.1, -0.05) is 0 Å². The average molecular weight is 481 g/mol. The SMILES string of the molecule is NC(I)(C(=O)OCOC1CCCCC1)C12NI1N2. The minimum atomic E-state index is -1.23. The van der Waals surface area contributed by atoms with E-state index >= 15 is 0 Å². The second-order valence-electron chi connectivity index (χ2n) is 4.82. The summed E-state index contributed by atoms with van der Waals surface area (Å²) in [6.45, 7) is 0.0236. The van der Waals surface area contributed by atoms with Crippen LogP contribution < -0.4 is 12.8 Å². The zero-order valence-electron chi connectivity index (χ0n) is 9.88. The van der Waals surface area contributed by atoms with Crippen LogP contribution in [0.2, 0.25) is 0 Å². The molecule has 0 radical (unpaired) electrons. The summed E-state index contributed by atoms with van der Waals surface area (Å²) in [7, 11) is 0. The van der Waals surface area contributed by atoms with Crippen molar-refractivity contribution >= 4 is 48.9 Å². The van der Waals surface area contributed by atoms with Crippen molar-refractivity contribution in [3.05, 3.63) is 0 Å². The van der Waals surface area contributed by atoms with Gasteiger partial charge in [0.05, 0.1) is 0 Å². The Labute approximate surface area is 127 Å². The number of carbonyl (C=O) groups is 1. The molecule has 1 saturated carbocycles. The molecule has 2 heterocycles. The topological polar surface area (TPSA) is 105 Å². The van der Waals surface area contributed by atoms with Crippen LogP contribution in [0.3, 0.4) is 0 Å². The second kappa shape index (κ2) is 4.95. The number of hydrogen-bond acceptors (Lipinski definition) is 6. The molecule has 0 aromatic carbocycles. The van der Waals surface area contributed by atoms with Gasteiger partial charge < -0.3 is 0 Å². The van der Waals surface area contributed by atoms with E-state index in [-0.39, 0.29) is 16.6 Å². The van der Waals surface area contributed by atoms with Crippen LogP contribution in [0.25, 0.3) is 0 Å². The first-order valence-corrected chi connectivity index (χ1v) is 10.4. The molecule has 6 nitrogen and oxygen atoms in total. The van der Waals surface area contributed by atoms with Crippen LogP contribution in [-0.2, 0) is 14.3 Å². The Balaban J connectivity index is 1.41. The van der Waals surface area contributed by atoms with E-state index in [9.17, 15) is 4.79 Å². The standard InChI is InChI=1S/C10H17I2N3O3/c11-9(13,10-12(14-10)15-10)8(16)18-6-17-7-4-2-1-3-5-7/h7,14-15H,1-6,13H2. The minimum absolute atomic E-state index is 0.0236. The predicted octanol–water partition coefficient (Wildman–Crippen LogP) is 1.12. The summed E-state index contributed by atoms with van der Waals surface area (Å²) in [5.41, 5.74) is 6.03. The Hall–Kier alpha value is 0.770. The van der Waals surface area contributed by atoms with Crippen molar-refractivity contribution in [3.8, 4) is 0 Å². The van der Waals surface area contributed by atoms with Crippen LogP contribution in [0.1, 0.15) is 32.1 Å². The number of fused-ring (bicyclic) bond motifs is 1. The van der Waals surface area contributed by atoms with Crippen molar-refractivity contribution in [1.29, 1.82) is 0 Å². The Kier molecular flexibility index (Phi) is 3.78. The maximum absolute atomic E-state index is 11.9. The quantitative estimate of drug-likeness (QED) is 0.104. The van der Waals surface area contributed by atoms with Crippen molar-refractivity contribution in [2.75, 3.05) is 6.79 Å². The molecule has 18 heavy (non-hydrogen) atoms. The number of rotatable bonds is 5. The number of esters is 1. The molecule has 8 heteroatoms. The van der Waals surface area contributed by atoms with Crippen molar-refractivity contribution in [2.45, 2.75) is 45.4 Å². The van der Waals surface area contributed by atoms with E-state index in [1.165, 1.54) is 19.3 Å². The van der Waals surface area contributed by atoms with Crippen molar-refractivity contribution in [1.82, 2.24) is 7.06 Å². The number of ether oxygens (including phenoxy) is 2. The Morgan fingerprint density at radius 2 is 2.06 bits per heavy atom. The monoisotopic (exact) mass is 481 g/mol. The third kappa shape index (κ3) is 2.39. The molecule has 3 aliphatic rings. The van der Waals surface area contributed by atoms with Gasteiger partial charge in [-0.25, -0.2) is 0 Å². The first-order chi connectivity index (χ1) is 8.56. The van der Waals surface area contributed by atoms with Gasteiger partial charge >= 0.3 is 128 Å². The van der Waals surface area contributed by atoms with E-state index < -0.39 is 29.9 Å². The number of halogens is 2. The average Bonchev–Trinajstić information content (AvgIpc) is 3.18. The van der Waals surface area contributed by atoms with Crippen LogP contribution in [0.4, 0.5) is 0 Å². The van der Waals surface area contributed by atoms with Gasteiger partial charge in [-0.3, -0.25) is 0 Å². The van der Waals surface area contributed by atoms with Gasteiger partial charge in [0.15, 0.2) is 0 Å². The van der Waals surface area contributed by atoms with Gasteiger partial charge in [-0.15, -0.1) is 0 Å². The molecule has 3 rings (SSSR count). The van der Waals surface area contributed by atoms with Crippen molar-refractivity contribution < 1.29 is 14.3 Å². The molecule has 104 valence electrons. The molecule has 0 aromatic rings. The summed E-state index contributed by atoms with van der Waals surface area (Å²) >= 11 is 0.734. The normalized spacial score (nSPS) is 30.2. The molecule has 0 spiro atoms. The zero-order chi connectivity index (χ0) is 12.8. The van der Waals surface area contributed by atoms with Gasteiger partial charge in [-0.05, 0) is 0 Å². The van der Waals surface area contributed by atoms with E-state index in [2.05, 4.69) is 7.06 Å². The molecule has 2 aliphatic heterocycles. The van der Waals surface area contributed by atoms with Gasteiger partial charge in [0.2, 0.25) is 0 Å². The van der Waals surface area contributed by atoms with Crippen LogP contribution in [-0.4, -0.2) is 26.1 Å². The van der Waals surface area contributed by atoms with E-state index in [4.69, 9.17) is 15.2 Å². The number of hydrogen-bond donors (Lipinski definition) is 3. The van der Waals surface area contributed by atoms with Crippen LogP contribution in [0.15, 0.2) is 0 Å². The summed E-state index contributed by atoms with van der Waals surface area (Å²) in [5, 5.41) is 0. The number of nitrogens with one attached hydrogen (secondary N) is 2. The molecule has 1 atom stereocenters. The first-order valence-electron chi connectivity index (χ1n) is 6.08. The second-order valence-corrected chi connectivity index (χ2v) is 10.8. The van der Waals surface area contributed by atoms with E-state index in [1.807, 2.05) is 22.6 Å². The Morgan fingerprint density at radius 3 is 2.61 bits per heavy atom. The van der Waals surface area contributed by atoms with Crippen LogP contribution in [0, 0.1) is 0 Å². The summed E-state index contributed by atoms with van der Waals surface area (Å²) in [4.78, 5) is 11.9. The molecule has 0 aromatic heterocycles. The van der Waals surface area contributed by atoms with Crippen LogP contribution >= 0.6 is 43.0 Å². The third-order valence-corrected chi connectivity index (χ3v) is 10.4. The molecule has 0 bridgehead atoms. The van der Waals surface area contributed by atoms with Gasteiger partial charge in [0.1, 0.15) is 0 Å². The summed E-state index contributed by atoms with van der Waals surface area (Å²) in [6.07, 6.45) is 6.07. The number of nitrogens with two attached hydrogens (primary N) is 1. The van der Waals surface area contributed by atoms with E-state index in [1.54, 1.807) is 0 Å². The van der Waals surface area contributed by atoms with Crippen molar-refractivity contribution in [2.24, 2.45) is 5.73 Å². The summed E-state index contributed by atoms with van der Waals surface area (Å²) < 4.78 is 15.9. The molecule has 1 aliphatic carbocycles. The summed E-state index contributed by atoms with van der Waals surface area (Å²) in [5.74, 6) is -0.392. The molecule has 3 fully saturated rings. The molecular weight excluding hydrogens is 464 g/mol. The molecule has 2 saturated heterocycles. The predicted molar refractivity (Wildman–Crippen MR) is 82.9 cm³/mol. The molecule has 0 amide bonds. The first kappa shape index (κ1) is 13.7. The van der Waals surface area contributed by atoms with Crippen molar-refractivity contribution in [3.63, 3.8) is 0 Å². The molecule has 4 N–H and O–H groups in total. The number of alkyl halides is 2. The summed E-state index contributed by atoms with van der Waals surface area (Å²) in [6, 6.07) is 0. The van der Waals surface area contributed by atoms with Gasteiger partial charge in [0.25, 0.3) is 0 Å². The maximum atomic E-state index is 11.9. The van der Waals surface area contributed by atoms with Crippen LogP contribution in [0.5, 0.6) is 0 Å². The fourth-order valence-corrected chi connectivity index (χ4v) is 9.49. The van der Waals surface area contributed by atoms with Gasteiger partial charge in [-0.2, -0.15) is 0 Å². The fourth-order valence-electron chi connectivity index (χ4n) is 2.16. The molecule has 1 unspecified atom stereocenters. The Bertz CT molecular complexity index is 354. The van der Waals surface area contributed by atoms with Gasteiger partial charge in [0, 0.05) is 0 Å². The fraction of sp³-hybridized carbons (Fsp3) is 0.900. The third-order valence-electron chi connectivity index (χ3n) is 3.51. The van der Waals surface area contributed by atoms with E-state index in [0.717, 1.165) is 12.8 Å². The number of carbonyl (C=O) groups excluding carboxylic acids is 1.